The Morgan fingerprint density at radius 2 is 2.16 bits per heavy atom. The summed E-state index contributed by atoms with van der Waals surface area (Å²) in [7, 11) is 0. The normalized spacial score (nSPS) is 12.0. The lowest BCUT2D eigenvalue weighted by Gasteiger charge is -2.05. The van der Waals surface area contributed by atoms with Crippen LogP contribution in [0.15, 0.2) is 59.3 Å². The number of fused-ring (bicyclic) bond motifs is 1. The maximum absolute atomic E-state index is 14.2. The standard InChI is InChI=1S/C17H10ClFN4OS/c18-11-3-1-2-4-13(11)23-7-8-25-17(23)22-16(24)14-10-5-6-20-15(10)21-9-12(14)19/h1-9H,(H,20,21). The molecule has 5 nitrogen and oxygen atoms in total. The van der Waals surface area contributed by atoms with Crippen molar-refractivity contribution in [1.29, 1.82) is 0 Å². The summed E-state index contributed by atoms with van der Waals surface area (Å²) in [6.07, 6.45) is 4.37. The molecule has 1 aromatic carbocycles. The number of nitrogens with one attached hydrogen (secondary N) is 1. The van der Waals surface area contributed by atoms with Crippen LogP contribution in [0.1, 0.15) is 10.4 Å². The maximum atomic E-state index is 14.2. The molecule has 4 rings (SSSR count). The Morgan fingerprint density at radius 3 is 3.00 bits per heavy atom. The summed E-state index contributed by atoms with van der Waals surface area (Å²) in [5.41, 5.74) is 1.02. The summed E-state index contributed by atoms with van der Waals surface area (Å²) in [4.78, 5) is 23.9. The van der Waals surface area contributed by atoms with Gasteiger partial charge in [-0.05, 0) is 18.2 Å². The van der Waals surface area contributed by atoms with Gasteiger partial charge in [0.05, 0.1) is 22.5 Å². The molecule has 4 aromatic rings. The fourth-order valence-corrected chi connectivity index (χ4v) is 3.47. The van der Waals surface area contributed by atoms with Crippen LogP contribution in [0.5, 0.6) is 0 Å². The number of nitrogens with zero attached hydrogens (tertiary/aromatic N) is 3. The summed E-state index contributed by atoms with van der Waals surface area (Å²) in [5, 5.41) is 2.71. The van der Waals surface area contributed by atoms with Crippen molar-refractivity contribution in [3.05, 3.63) is 75.5 Å². The van der Waals surface area contributed by atoms with Crippen LogP contribution < -0.4 is 4.80 Å². The molecule has 0 fully saturated rings. The van der Waals surface area contributed by atoms with E-state index in [9.17, 15) is 9.18 Å². The van der Waals surface area contributed by atoms with Gasteiger partial charge in [0.25, 0.3) is 5.91 Å². The largest absolute Gasteiger partial charge is 0.346 e. The fraction of sp³-hybridized carbons (Fsp3) is 0. The number of pyridine rings is 1. The predicted octanol–water partition coefficient (Wildman–Crippen LogP) is 3.95. The summed E-state index contributed by atoms with van der Waals surface area (Å²) < 4.78 is 15.9. The fourth-order valence-electron chi connectivity index (χ4n) is 2.53. The topological polar surface area (TPSA) is 63.0 Å². The number of aromatic amines is 1. The molecule has 0 bridgehead atoms. The van der Waals surface area contributed by atoms with E-state index in [1.807, 2.05) is 18.2 Å². The number of amides is 1. The molecule has 0 aliphatic heterocycles. The molecule has 0 radical (unpaired) electrons. The van der Waals surface area contributed by atoms with E-state index in [1.165, 1.54) is 11.3 Å². The van der Waals surface area contributed by atoms with E-state index in [1.54, 1.807) is 34.5 Å². The first-order valence-corrected chi connectivity index (χ1v) is 8.52. The Balaban J connectivity index is 1.86. The minimum absolute atomic E-state index is 0.106. The molecule has 3 aromatic heterocycles. The molecule has 124 valence electrons. The molecule has 0 atom stereocenters. The molecule has 25 heavy (non-hydrogen) atoms. The zero-order chi connectivity index (χ0) is 17.4. The zero-order valence-corrected chi connectivity index (χ0v) is 14.2. The lowest BCUT2D eigenvalue weighted by atomic mass is 10.1. The summed E-state index contributed by atoms with van der Waals surface area (Å²) in [5.74, 6) is -1.38. The summed E-state index contributed by atoms with van der Waals surface area (Å²) >= 11 is 7.48. The molecule has 8 heteroatoms. The number of halogens is 2. The molecule has 0 spiro atoms. The van der Waals surface area contributed by atoms with Gasteiger partial charge >= 0.3 is 0 Å². The first-order chi connectivity index (χ1) is 12.1. The molecule has 0 saturated heterocycles. The van der Waals surface area contributed by atoms with E-state index in [0.29, 0.717) is 26.5 Å². The molecule has 0 aliphatic carbocycles. The van der Waals surface area contributed by atoms with Gasteiger partial charge in [-0.1, -0.05) is 23.7 Å². The van der Waals surface area contributed by atoms with Crippen molar-refractivity contribution in [2.24, 2.45) is 4.99 Å². The van der Waals surface area contributed by atoms with Crippen molar-refractivity contribution in [3.8, 4) is 5.69 Å². The van der Waals surface area contributed by atoms with Crippen LogP contribution in [0.25, 0.3) is 16.7 Å². The quantitative estimate of drug-likeness (QED) is 0.579. The van der Waals surface area contributed by atoms with Crippen molar-refractivity contribution in [2.75, 3.05) is 0 Å². The highest BCUT2D eigenvalue weighted by atomic mass is 35.5. The third kappa shape index (κ3) is 2.77. The van der Waals surface area contributed by atoms with Crippen molar-refractivity contribution in [2.45, 2.75) is 0 Å². The van der Waals surface area contributed by atoms with Gasteiger partial charge in [-0.15, -0.1) is 11.3 Å². The molecule has 1 amide bonds. The van der Waals surface area contributed by atoms with E-state index in [0.717, 1.165) is 6.20 Å². The van der Waals surface area contributed by atoms with Crippen molar-refractivity contribution < 1.29 is 9.18 Å². The smallest absolute Gasteiger partial charge is 0.283 e. The van der Waals surface area contributed by atoms with E-state index < -0.39 is 11.7 Å². The SMILES string of the molecule is O=C(N=c1sccn1-c1ccccc1Cl)c1c(F)cnc2[nH]ccc12. The van der Waals surface area contributed by atoms with Gasteiger partial charge in [-0.3, -0.25) is 9.36 Å². The zero-order valence-electron chi connectivity index (χ0n) is 12.6. The Labute approximate surface area is 150 Å². The van der Waals surface area contributed by atoms with Crippen LogP contribution in [0.2, 0.25) is 5.02 Å². The second-order valence-corrected chi connectivity index (χ2v) is 6.43. The van der Waals surface area contributed by atoms with Gasteiger partial charge in [0, 0.05) is 23.2 Å². The molecule has 0 aliphatic rings. The maximum Gasteiger partial charge on any atom is 0.283 e. The van der Waals surface area contributed by atoms with Crippen LogP contribution in [-0.4, -0.2) is 20.4 Å². The lowest BCUT2D eigenvalue weighted by molar-refractivity contribution is 0.0996. The number of aromatic nitrogens is 3. The van der Waals surface area contributed by atoms with Crippen LogP contribution in [-0.2, 0) is 0 Å². The van der Waals surface area contributed by atoms with Crippen LogP contribution in [0, 0.1) is 5.82 Å². The predicted molar refractivity (Wildman–Crippen MR) is 94.6 cm³/mol. The van der Waals surface area contributed by atoms with Crippen LogP contribution in [0.3, 0.4) is 0 Å². The van der Waals surface area contributed by atoms with Crippen molar-refractivity contribution >= 4 is 39.9 Å². The Bertz CT molecular complexity index is 1160. The minimum Gasteiger partial charge on any atom is -0.346 e. The number of thiazole rings is 1. The van der Waals surface area contributed by atoms with E-state index in [2.05, 4.69) is 15.0 Å². The monoisotopic (exact) mass is 372 g/mol. The highest BCUT2D eigenvalue weighted by molar-refractivity contribution is 7.07. The average molecular weight is 373 g/mol. The van der Waals surface area contributed by atoms with Crippen molar-refractivity contribution in [1.82, 2.24) is 14.5 Å². The Morgan fingerprint density at radius 1 is 1.32 bits per heavy atom. The number of carbonyl (C=O) groups excluding carboxylic acids is 1. The number of benzene rings is 1. The Kier molecular flexibility index (Phi) is 3.95. The van der Waals surface area contributed by atoms with Gasteiger partial charge < -0.3 is 4.98 Å². The van der Waals surface area contributed by atoms with Gasteiger partial charge in [0.2, 0.25) is 0 Å². The lowest BCUT2D eigenvalue weighted by Crippen LogP contribution is -2.15. The average Bonchev–Trinajstić information content (AvgIpc) is 3.24. The van der Waals surface area contributed by atoms with Gasteiger partial charge in [0.15, 0.2) is 10.6 Å². The summed E-state index contributed by atoms with van der Waals surface area (Å²) in [6.45, 7) is 0. The first kappa shape index (κ1) is 15.7. The molecular weight excluding hydrogens is 363 g/mol. The molecule has 0 saturated carbocycles. The minimum atomic E-state index is -0.707. The highest BCUT2D eigenvalue weighted by Crippen LogP contribution is 2.21. The van der Waals surface area contributed by atoms with Gasteiger partial charge in [0.1, 0.15) is 5.65 Å². The van der Waals surface area contributed by atoms with Gasteiger partial charge in [-0.25, -0.2) is 9.37 Å². The molecular formula is C17H10ClFN4OS. The Hall–Kier alpha value is -2.77. The second kappa shape index (κ2) is 6.27. The van der Waals surface area contributed by atoms with E-state index in [-0.39, 0.29) is 5.56 Å². The molecule has 0 unspecified atom stereocenters. The number of hydrogen-bond donors (Lipinski definition) is 1. The number of H-pyrrole nitrogens is 1. The van der Waals surface area contributed by atoms with E-state index in [4.69, 9.17) is 11.6 Å². The van der Waals surface area contributed by atoms with Crippen LogP contribution >= 0.6 is 22.9 Å². The number of carbonyl (C=O) groups is 1. The van der Waals surface area contributed by atoms with Gasteiger partial charge in [-0.2, -0.15) is 4.99 Å². The number of rotatable bonds is 2. The third-order valence-electron chi connectivity index (χ3n) is 3.65. The second-order valence-electron chi connectivity index (χ2n) is 5.15. The number of hydrogen-bond acceptors (Lipinski definition) is 3. The number of para-hydroxylation sites is 1. The highest BCUT2D eigenvalue weighted by Gasteiger charge is 2.17. The van der Waals surface area contributed by atoms with Crippen LogP contribution in [0.4, 0.5) is 4.39 Å². The molecule has 1 N–H and O–H groups in total. The summed E-state index contributed by atoms with van der Waals surface area (Å²) in [6, 6.07) is 8.82. The third-order valence-corrected chi connectivity index (χ3v) is 4.73. The van der Waals surface area contributed by atoms with E-state index >= 15 is 0 Å². The van der Waals surface area contributed by atoms with Crippen molar-refractivity contribution in [3.63, 3.8) is 0 Å². The first-order valence-electron chi connectivity index (χ1n) is 7.27. The molecule has 3 heterocycles.